The van der Waals surface area contributed by atoms with E-state index < -0.39 is 5.79 Å². The first-order chi connectivity index (χ1) is 6.43. The molecule has 14 heavy (non-hydrogen) atoms. The third kappa shape index (κ3) is 12.2. The highest BCUT2D eigenvalue weighted by atomic mass is 32.2. The topological polar surface area (TPSA) is 49.7 Å². The minimum atomic E-state index is -1.50. The van der Waals surface area contributed by atoms with Gasteiger partial charge in [0.05, 0.1) is 6.10 Å². The Labute approximate surface area is 90.8 Å². The van der Waals surface area contributed by atoms with Crippen molar-refractivity contribution >= 4 is 11.8 Å². The summed E-state index contributed by atoms with van der Waals surface area (Å²) in [5.74, 6) is -0.245. The molecule has 1 aliphatic heterocycles. The molecule has 0 bridgehead atoms. The monoisotopic (exact) mass is 222 g/mol. The van der Waals surface area contributed by atoms with Crippen molar-refractivity contribution in [2.75, 3.05) is 18.6 Å². The van der Waals surface area contributed by atoms with Gasteiger partial charge >= 0.3 is 0 Å². The third-order valence-corrected chi connectivity index (χ3v) is 2.31. The van der Waals surface area contributed by atoms with Gasteiger partial charge in [-0.1, -0.05) is 0 Å². The average Bonchev–Trinajstić information content (AvgIpc) is 2.49. The second-order valence-electron chi connectivity index (χ2n) is 3.91. The van der Waals surface area contributed by atoms with Crippen LogP contribution in [0.2, 0.25) is 0 Å². The molecule has 0 aromatic rings. The number of ether oxygens (including phenoxy) is 1. The molecule has 0 amide bonds. The Balaban J connectivity index is 0.000000292. The highest BCUT2D eigenvalue weighted by molar-refractivity contribution is 7.98. The predicted molar refractivity (Wildman–Crippen MR) is 60.5 cm³/mol. The van der Waals surface area contributed by atoms with Crippen LogP contribution in [0.25, 0.3) is 0 Å². The van der Waals surface area contributed by atoms with E-state index in [1.54, 1.807) is 0 Å². The lowest BCUT2D eigenvalue weighted by molar-refractivity contribution is -0.127. The molecule has 0 aliphatic carbocycles. The molecule has 1 atom stereocenters. The van der Waals surface area contributed by atoms with Gasteiger partial charge in [-0.2, -0.15) is 11.8 Å². The smallest absolute Gasteiger partial charge is 0.156 e. The van der Waals surface area contributed by atoms with Gasteiger partial charge in [-0.3, -0.25) is 0 Å². The molecule has 1 fully saturated rings. The standard InChI is InChI=1S/C7H14OS.C3H8O2/c1-9-6-4-7-3-2-5-8-7;1-3(2,4)5/h7H,2-6H2,1H3;4-5H,1-2H3. The fourth-order valence-corrected chi connectivity index (χ4v) is 1.62. The Morgan fingerprint density at radius 1 is 1.43 bits per heavy atom. The van der Waals surface area contributed by atoms with E-state index in [2.05, 4.69) is 6.26 Å². The average molecular weight is 222 g/mol. The molecule has 0 spiro atoms. The summed E-state index contributed by atoms with van der Waals surface area (Å²) in [7, 11) is 0. The molecular formula is C10H22O3S. The maximum atomic E-state index is 8.08. The van der Waals surface area contributed by atoms with Crippen molar-refractivity contribution in [3.05, 3.63) is 0 Å². The minimum absolute atomic E-state index is 0.595. The Morgan fingerprint density at radius 2 is 2.00 bits per heavy atom. The van der Waals surface area contributed by atoms with Crippen LogP contribution < -0.4 is 0 Å². The van der Waals surface area contributed by atoms with Crippen LogP contribution in [0.4, 0.5) is 0 Å². The number of hydrogen-bond donors (Lipinski definition) is 2. The summed E-state index contributed by atoms with van der Waals surface area (Å²) >= 11 is 1.91. The molecule has 1 saturated heterocycles. The van der Waals surface area contributed by atoms with E-state index in [-0.39, 0.29) is 0 Å². The van der Waals surface area contributed by atoms with Crippen molar-refractivity contribution in [3.8, 4) is 0 Å². The van der Waals surface area contributed by atoms with Crippen molar-refractivity contribution in [3.63, 3.8) is 0 Å². The summed E-state index contributed by atoms with van der Waals surface area (Å²) in [6.45, 7) is 3.60. The fourth-order valence-electron chi connectivity index (χ4n) is 1.12. The van der Waals surface area contributed by atoms with E-state index in [4.69, 9.17) is 14.9 Å². The molecule has 0 saturated carbocycles. The second kappa shape index (κ2) is 7.51. The summed E-state index contributed by atoms with van der Waals surface area (Å²) in [6.07, 6.45) is 6.56. The Bertz CT molecular complexity index is 122. The van der Waals surface area contributed by atoms with Gasteiger partial charge in [0.2, 0.25) is 0 Å². The second-order valence-corrected chi connectivity index (χ2v) is 4.90. The van der Waals surface area contributed by atoms with Crippen LogP contribution >= 0.6 is 11.8 Å². The number of aliphatic hydroxyl groups is 2. The normalized spacial score (nSPS) is 21.6. The van der Waals surface area contributed by atoms with Gasteiger partial charge in [0.1, 0.15) is 0 Å². The molecule has 0 aromatic carbocycles. The molecule has 3 nitrogen and oxygen atoms in total. The van der Waals surface area contributed by atoms with Gasteiger partial charge in [-0.25, -0.2) is 0 Å². The van der Waals surface area contributed by atoms with Gasteiger partial charge < -0.3 is 14.9 Å². The fraction of sp³-hybridized carbons (Fsp3) is 1.00. The van der Waals surface area contributed by atoms with E-state index in [0.29, 0.717) is 6.10 Å². The van der Waals surface area contributed by atoms with Gasteiger partial charge in [0, 0.05) is 6.61 Å². The van der Waals surface area contributed by atoms with Crippen LogP contribution in [-0.4, -0.2) is 40.7 Å². The molecule has 1 heterocycles. The van der Waals surface area contributed by atoms with E-state index in [1.165, 1.54) is 38.9 Å². The maximum Gasteiger partial charge on any atom is 0.156 e. The molecular weight excluding hydrogens is 200 g/mol. The molecule has 0 radical (unpaired) electrons. The summed E-state index contributed by atoms with van der Waals surface area (Å²) in [6, 6.07) is 0. The van der Waals surface area contributed by atoms with Crippen molar-refractivity contribution in [1.82, 2.24) is 0 Å². The van der Waals surface area contributed by atoms with Crippen LogP contribution in [0.1, 0.15) is 33.1 Å². The van der Waals surface area contributed by atoms with Crippen molar-refractivity contribution < 1.29 is 14.9 Å². The van der Waals surface area contributed by atoms with E-state index >= 15 is 0 Å². The highest BCUT2D eigenvalue weighted by Gasteiger charge is 2.13. The number of thioether (sulfide) groups is 1. The summed E-state index contributed by atoms with van der Waals surface area (Å²) < 4.78 is 5.44. The summed E-state index contributed by atoms with van der Waals surface area (Å²) in [5, 5.41) is 16.2. The highest BCUT2D eigenvalue weighted by Crippen LogP contribution is 2.16. The van der Waals surface area contributed by atoms with Crippen molar-refractivity contribution in [2.24, 2.45) is 0 Å². The van der Waals surface area contributed by atoms with Gasteiger partial charge in [-0.05, 0) is 45.1 Å². The van der Waals surface area contributed by atoms with Crippen LogP contribution in [0.5, 0.6) is 0 Å². The van der Waals surface area contributed by atoms with E-state index in [1.807, 2.05) is 11.8 Å². The summed E-state index contributed by atoms with van der Waals surface area (Å²) in [4.78, 5) is 0. The Hall–Kier alpha value is 0.230. The van der Waals surface area contributed by atoms with Crippen LogP contribution in [0.15, 0.2) is 0 Å². The molecule has 4 heteroatoms. The number of hydrogen-bond acceptors (Lipinski definition) is 4. The van der Waals surface area contributed by atoms with Gasteiger partial charge in [0.25, 0.3) is 0 Å². The lowest BCUT2D eigenvalue weighted by Crippen LogP contribution is -2.15. The van der Waals surface area contributed by atoms with Crippen molar-refractivity contribution in [1.29, 1.82) is 0 Å². The largest absolute Gasteiger partial charge is 0.378 e. The van der Waals surface area contributed by atoms with Crippen LogP contribution in [0.3, 0.4) is 0 Å². The SMILES string of the molecule is CC(C)(O)O.CSCCC1CCCO1. The molecule has 1 aliphatic rings. The predicted octanol–water partition coefficient (Wildman–Crippen LogP) is 1.63. The van der Waals surface area contributed by atoms with Crippen molar-refractivity contribution in [2.45, 2.75) is 45.0 Å². The zero-order valence-electron chi connectivity index (χ0n) is 9.32. The Kier molecular flexibility index (Phi) is 7.64. The third-order valence-electron chi connectivity index (χ3n) is 1.67. The van der Waals surface area contributed by atoms with Gasteiger partial charge in [0.15, 0.2) is 5.79 Å². The minimum Gasteiger partial charge on any atom is -0.378 e. The van der Waals surface area contributed by atoms with Crippen LogP contribution in [0, 0.1) is 0 Å². The number of rotatable bonds is 3. The molecule has 1 rings (SSSR count). The van der Waals surface area contributed by atoms with Gasteiger partial charge in [-0.15, -0.1) is 0 Å². The quantitative estimate of drug-likeness (QED) is 0.713. The maximum absolute atomic E-state index is 8.08. The molecule has 1 unspecified atom stereocenters. The lowest BCUT2D eigenvalue weighted by Gasteiger charge is -2.05. The van der Waals surface area contributed by atoms with E-state index in [0.717, 1.165) is 6.61 Å². The summed E-state index contributed by atoms with van der Waals surface area (Å²) in [5.41, 5.74) is 0. The first kappa shape index (κ1) is 14.2. The van der Waals surface area contributed by atoms with Crippen LogP contribution in [-0.2, 0) is 4.74 Å². The first-order valence-electron chi connectivity index (χ1n) is 4.99. The Morgan fingerprint density at radius 3 is 2.36 bits per heavy atom. The zero-order chi connectivity index (χ0) is 11.0. The molecule has 2 N–H and O–H groups in total. The zero-order valence-corrected chi connectivity index (χ0v) is 10.1. The molecule has 0 aromatic heterocycles. The first-order valence-corrected chi connectivity index (χ1v) is 6.38. The van der Waals surface area contributed by atoms with E-state index in [9.17, 15) is 0 Å². The molecule has 86 valence electrons. The lowest BCUT2D eigenvalue weighted by atomic mass is 10.2.